The molecule has 0 amide bonds. The molecule has 0 saturated heterocycles. The third kappa shape index (κ3) is 0.990. The van der Waals surface area contributed by atoms with Crippen molar-refractivity contribution in [3.8, 4) is 12.3 Å². The maximum Gasteiger partial charge on any atom is 0.125 e. The molecule has 0 aromatic rings. The first kappa shape index (κ1) is 7.89. The van der Waals surface area contributed by atoms with Gasteiger partial charge in [-0.3, -0.25) is 0 Å². The van der Waals surface area contributed by atoms with Crippen LogP contribution >= 0.6 is 0 Å². The predicted octanol–water partition coefficient (Wildman–Crippen LogP) is 1.58. The van der Waals surface area contributed by atoms with Crippen molar-refractivity contribution < 1.29 is 5.11 Å². The average Bonchev–Trinajstić information content (AvgIpc) is 2.64. The molecule has 0 spiro atoms. The summed E-state index contributed by atoms with van der Waals surface area (Å²) in [5.41, 5.74) is -0.899. The van der Waals surface area contributed by atoms with Gasteiger partial charge < -0.3 is 5.11 Å². The molecule has 0 aromatic heterocycles. The van der Waals surface area contributed by atoms with Crippen molar-refractivity contribution in [1.82, 2.24) is 0 Å². The van der Waals surface area contributed by atoms with Gasteiger partial charge in [-0.25, -0.2) is 0 Å². The van der Waals surface area contributed by atoms with Crippen LogP contribution < -0.4 is 0 Å². The summed E-state index contributed by atoms with van der Waals surface area (Å²) in [6.45, 7) is 1.76. The van der Waals surface area contributed by atoms with E-state index >= 15 is 0 Å². The van der Waals surface area contributed by atoms with E-state index in [-0.39, 0.29) is 5.92 Å². The Kier molecular flexibility index (Phi) is 1.56. The maximum absolute atomic E-state index is 9.88. The summed E-state index contributed by atoms with van der Waals surface area (Å²) < 4.78 is 0. The van der Waals surface area contributed by atoms with Gasteiger partial charge in [0.1, 0.15) is 5.60 Å². The molecule has 4 atom stereocenters. The van der Waals surface area contributed by atoms with Crippen molar-refractivity contribution in [1.29, 1.82) is 0 Å². The second-order valence-corrected chi connectivity index (χ2v) is 4.18. The second kappa shape index (κ2) is 2.37. The normalized spacial score (nSPS) is 42.6. The molecular formula is C11H14O. The molecule has 2 aliphatic carbocycles. The van der Waals surface area contributed by atoms with E-state index in [1.165, 1.54) is 6.42 Å². The highest BCUT2D eigenvalue weighted by atomic mass is 16.3. The van der Waals surface area contributed by atoms with Crippen molar-refractivity contribution in [2.75, 3.05) is 0 Å². The molecule has 0 unspecified atom stereocenters. The van der Waals surface area contributed by atoms with Crippen LogP contribution in [0.25, 0.3) is 0 Å². The zero-order chi connectivity index (χ0) is 8.77. The van der Waals surface area contributed by atoms with Crippen molar-refractivity contribution in [2.24, 2.45) is 17.8 Å². The smallest absolute Gasteiger partial charge is 0.125 e. The molecule has 1 N–H and O–H groups in total. The van der Waals surface area contributed by atoms with Gasteiger partial charge in [0.2, 0.25) is 0 Å². The zero-order valence-corrected chi connectivity index (χ0v) is 7.33. The molecule has 12 heavy (non-hydrogen) atoms. The van der Waals surface area contributed by atoms with Crippen LogP contribution in [0.5, 0.6) is 0 Å². The number of terminal acetylenes is 1. The lowest BCUT2D eigenvalue weighted by molar-refractivity contribution is 0.0434. The topological polar surface area (TPSA) is 20.2 Å². The van der Waals surface area contributed by atoms with Gasteiger partial charge in [0, 0.05) is 5.92 Å². The van der Waals surface area contributed by atoms with Crippen LogP contribution in [0.2, 0.25) is 0 Å². The minimum atomic E-state index is -0.899. The van der Waals surface area contributed by atoms with E-state index in [0.29, 0.717) is 11.8 Å². The molecule has 2 aliphatic rings. The molecule has 0 aliphatic heterocycles. The van der Waals surface area contributed by atoms with Gasteiger partial charge >= 0.3 is 0 Å². The number of hydrogen-bond acceptors (Lipinski definition) is 1. The van der Waals surface area contributed by atoms with Gasteiger partial charge in [0.05, 0.1) is 0 Å². The summed E-state index contributed by atoms with van der Waals surface area (Å²) in [6, 6.07) is 0. The van der Waals surface area contributed by atoms with Crippen LogP contribution in [0.1, 0.15) is 19.8 Å². The Morgan fingerprint density at radius 2 is 2.25 bits per heavy atom. The summed E-state index contributed by atoms with van der Waals surface area (Å²) in [5.74, 6) is 3.99. The summed E-state index contributed by atoms with van der Waals surface area (Å²) >= 11 is 0. The first-order valence-corrected chi connectivity index (χ1v) is 4.52. The van der Waals surface area contributed by atoms with Crippen molar-refractivity contribution in [3.63, 3.8) is 0 Å². The van der Waals surface area contributed by atoms with E-state index in [0.717, 1.165) is 6.42 Å². The highest BCUT2D eigenvalue weighted by molar-refractivity contribution is 5.19. The molecule has 64 valence electrons. The van der Waals surface area contributed by atoms with Gasteiger partial charge in [0.25, 0.3) is 0 Å². The van der Waals surface area contributed by atoms with Crippen LogP contribution in [-0.2, 0) is 0 Å². The number of aliphatic hydroxyl groups is 1. The first-order valence-electron chi connectivity index (χ1n) is 4.52. The van der Waals surface area contributed by atoms with Gasteiger partial charge in [-0.05, 0) is 31.6 Å². The van der Waals surface area contributed by atoms with Crippen LogP contribution in [0, 0.1) is 30.1 Å². The van der Waals surface area contributed by atoms with Gasteiger partial charge in [0.15, 0.2) is 0 Å². The average molecular weight is 162 g/mol. The molecule has 0 radical (unpaired) electrons. The molecule has 1 saturated carbocycles. The largest absolute Gasteiger partial charge is 0.378 e. The van der Waals surface area contributed by atoms with Crippen LogP contribution in [0.3, 0.4) is 0 Å². The molecule has 2 bridgehead atoms. The minimum Gasteiger partial charge on any atom is -0.378 e. The van der Waals surface area contributed by atoms with Crippen molar-refractivity contribution in [2.45, 2.75) is 25.4 Å². The number of fused-ring (bicyclic) bond motifs is 2. The molecule has 0 aromatic carbocycles. The zero-order valence-electron chi connectivity index (χ0n) is 7.33. The number of allylic oxidation sites excluding steroid dienone is 2. The Balaban J connectivity index is 2.19. The monoisotopic (exact) mass is 162 g/mol. The lowest BCUT2D eigenvalue weighted by Gasteiger charge is -2.29. The molecule has 2 rings (SSSR count). The van der Waals surface area contributed by atoms with E-state index in [9.17, 15) is 5.11 Å². The summed E-state index contributed by atoms with van der Waals surface area (Å²) in [5, 5.41) is 9.88. The number of rotatable bonds is 1. The Labute approximate surface area is 73.5 Å². The molecule has 1 fully saturated rings. The fourth-order valence-electron chi connectivity index (χ4n) is 2.53. The SMILES string of the molecule is C#C[C@](C)(O)[C@@H]1C[C@@H]2C=C[C@H]1C2. The Hall–Kier alpha value is -0.740. The van der Waals surface area contributed by atoms with Gasteiger partial charge in [-0.1, -0.05) is 18.1 Å². The van der Waals surface area contributed by atoms with Crippen LogP contribution in [0.4, 0.5) is 0 Å². The highest BCUT2D eigenvalue weighted by Crippen LogP contribution is 2.47. The summed E-state index contributed by atoms with van der Waals surface area (Å²) in [7, 11) is 0. The maximum atomic E-state index is 9.88. The van der Waals surface area contributed by atoms with E-state index in [2.05, 4.69) is 18.1 Å². The highest BCUT2D eigenvalue weighted by Gasteiger charge is 2.44. The molecular weight excluding hydrogens is 148 g/mol. The van der Waals surface area contributed by atoms with Gasteiger partial charge in [-0.2, -0.15) is 0 Å². The minimum absolute atomic E-state index is 0.289. The van der Waals surface area contributed by atoms with E-state index in [4.69, 9.17) is 6.42 Å². The van der Waals surface area contributed by atoms with Crippen molar-refractivity contribution >= 4 is 0 Å². The van der Waals surface area contributed by atoms with E-state index in [1.54, 1.807) is 6.92 Å². The Bertz CT molecular complexity index is 257. The third-order valence-electron chi connectivity index (χ3n) is 3.29. The molecule has 1 nitrogen and oxygen atoms in total. The van der Waals surface area contributed by atoms with E-state index in [1.807, 2.05) is 0 Å². The summed E-state index contributed by atoms with van der Waals surface area (Å²) in [6.07, 6.45) is 12.0. The lowest BCUT2D eigenvalue weighted by atomic mass is 9.80. The third-order valence-corrected chi connectivity index (χ3v) is 3.29. The second-order valence-electron chi connectivity index (χ2n) is 4.18. The Morgan fingerprint density at radius 3 is 2.67 bits per heavy atom. The standard InChI is InChI=1S/C11H14O/c1-3-11(2,12)10-7-8-4-5-9(10)6-8/h1,4-5,8-10,12H,6-7H2,2H3/t8-,9+,10-,11+/m1/s1. The van der Waals surface area contributed by atoms with Crippen molar-refractivity contribution in [3.05, 3.63) is 12.2 Å². The predicted molar refractivity (Wildman–Crippen MR) is 48.3 cm³/mol. The fourth-order valence-corrected chi connectivity index (χ4v) is 2.53. The lowest BCUT2D eigenvalue weighted by Crippen LogP contribution is -2.35. The quantitative estimate of drug-likeness (QED) is 0.458. The fraction of sp³-hybridized carbons (Fsp3) is 0.636. The molecule has 0 heterocycles. The van der Waals surface area contributed by atoms with Gasteiger partial charge in [-0.15, -0.1) is 6.42 Å². The van der Waals surface area contributed by atoms with E-state index < -0.39 is 5.60 Å². The first-order chi connectivity index (χ1) is 5.63. The Morgan fingerprint density at radius 1 is 1.50 bits per heavy atom. The number of hydrogen-bond donors (Lipinski definition) is 1. The van der Waals surface area contributed by atoms with Crippen LogP contribution in [0.15, 0.2) is 12.2 Å². The summed E-state index contributed by atoms with van der Waals surface area (Å²) in [4.78, 5) is 0. The van der Waals surface area contributed by atoms with Crippen LogP contribution in [-0.4, -0.2) is 10.7 Å². The molecule has 1 heteroatoms.